The van der Waals surface area contributed by atoms with Gasteiger partial charge >= 0.3 is 12.1 Å². The lowest BCUT2D eigenvalue weighted by molar-refractivity contribution is 0.0472. The Morgan fingerprint density at radius 3 is 2.69 bits per heavy atom. The summed E-state index contributed by atoms with van der Waals surface area (Å²) in [5, 5.41) is 21.4. The number of nitrogens with one attached hydrogen (secondary N) is 1. The largest absolute Gasteiger partial charge is 0.478 e. The Morgan fingerprint density at radius 2 is 2.15 bits per heavy atom. The number of anilines is 1. The summed E-state index contributed by atoms with van der Waals surface area (Å²) in [5.74, 6) is -1.19. The zero-order valence-electron chi connectivity index (χ0n) is 15.1. The third-order valence-electron chi connectivity index (χ3n) is 3.92. The molecule has 2 heterocycles. The van der Waals surface area contributed by atoms with E-state index in [0.717, 1.165) is 6.20 Å². The van der Waals surface area contributed by atoms with E-state index in [4.69, 9.17) is 21.6 Å². The van der Waals surface area contributed by atoms with E-state index in [9.17, 15) is 14.7 Å². The number of nitrogens with zero attached hydrogens (tertiary/aromatic N) is 3. The number of aromatic carboxylic acids is 1. The van der Waals surface area contributed by atoms with Crippen molar-refractivity contribution in [3.8, 4) is 6.07 Å². The molecular weight excluding hydrogens is 360 g/mol. The summed E-state index contributed by atoms with van der Waals surface area (Å²) in [5.41, 5.74) is -1.14. The van der Waals surface area contributed by atoms with Crippen LogP contribution in [-0.2, 0) is 4.74 Å². The molecule has 1 atom stereocenters. The van der Waals surface area contributed by atoms with Gasteiger partial charge in [0, 0.05) is 19.3 Å². The molecule has 2 rings (SSSR count). The van der Waals surface area contributed by atoms with E-state index in [1.165, 1.54) is 0 Å². The van der Waals surface area contributed by atoms with Gasteiger partial charge in [0.15, 0.2) is 5.69 Å². The van der Waals surface area contributed by atoms with Crippen LogP contribution in [0.5, 0.6) is 0 Å². The Bertz CT molecular complexity index is 784. The summed E-state index contributed by atoms with van der Waals surface area (Å²) < 4.78 is 5.29. The van der Waals surface area contributed by atoms with Gasteiger partial charge < -0.3 is 20.1 Å². The number of hydrogen-bond donors (Lipinski definition) is 2. The van der Waals surface area contributed by atoms with E-state index in [1.807, 2.05) is 13.0 Å². The maximum atomic E-state index is 12.1. The van der Waals surface area contributed by atoms with Gasteiger partial charge in [-0.15, -0.1) is 0 Å². The number of carbonyl (C=O) groups excluding carboxylic acids is 1. The van der Waals surface area contributed by atoms with Gasteiger partial charge in [-0.05, 0) is 34.1 Å². The van der Waals surface area contributed by atoms with Crippen LogP contribution in [-0.4, -0.2) is 46.4 Å². The molecule has 1 aliphatic rings. The van der Waals surface area contributed by atoms with Crippen molar-refractivity contribution in [2.75, 3.05) is 18.0 Å². The Kier molecular flexibility index (Phi) is 5.33. The van der Waals surface area contributed by atoms with Crippen molar-refractivity contribution < 1.29 is 19.4 Å². The molecule has 0 bridgehead atoms. The Labute approximate surface area is 156 Å². The Hall–Kier alpha value is -2.53. The van der Waals surface area contributed by atoms with Crippen molar-refractivity contribution in [3.63, 3.8) is 0 Å². The van der Waals surface area contributed by atoms with E-state index in [2.05, 4.69) is 10.3 Å². The highest BCUT2D eigenvalue weighted by atomic mass is 35.5. The van der Waals surface area contributed by atoms with E-state index in [1.54, 1.807) is 25.7 Å². The van der Waals surface area contributed by atoms with Crippen molar-refractivity contribution in [2.24, 2.45) is 0 Å². The summed E-state index contributed by atoms with van der Waals surface area (Å²) in [7, 11) is 0. The molecule has 0 unspecified atom stereocenters. The molecule has 1 aromatic rings. The van der Waals surface area contributed by atoms with Crippen molar-refractivity contribution >= 4 is 29.4 Å². The number of halogens is 1. The number of ether oxygens (including phenoxy) is 1. The third-order valence-corrected chi connectivity index (χ3v) is 4.28. The topological polar surface area (TPSA) is 116 Å². The van der Waals surface area contributed by atoms with E-state index in [0.29, 0.717) is 19.5 Å². The molecule has 9 heteroatoms. The summed E-state index contributed by atoms with van der Waals surface area (Å²) in [6.45, 7) is 7.94. The van der Waals surface area contributed by atoms with E-state index in [-0.39, 0.29) is 22.0 Å². The van der Waals surface area contributed by atoms with Crippen LogP contribution >= 0.6 is 11.6 Å². The fourth-order valence-electron chi connectivity index (χ4n) is 2.82. The minimum Gasteiger partial charge on any atom is -0.478 e. The standard InChI is InChI=1S/C17H21ClN4O4/c1-16(2,3)26-15(25)21-17(4)5-6-22(9-17)13-10(14(23)24)8-20-11(7-19)12(13)18/h8H,5-6,9H2,1-4H3,(H,21,25)(H,23,24)/t17-/m0/s1. The van der Waals surface area contributed by atoms with Crippen LogP contribution in [0.25, 0.3) is 0 Å². The van der Waals surface area contributed by atoms with Gasteiger partial charge in [0.25, 0.3) is 0 Å². The minimum atomic E-state index is -1.19. The monoisotopic (exact) mass is 380 g/mol. The van der Waals surface area contributed by atoms with Crippen molar-refractivity contribution in [2.45, 2.75) is 45.3 Å². The highest BCUT2D eigenvalue weighted by Crippen LogP contribution is 2.36. The lowest BCUT2D eigenvalue weighted by Gasteiger charge is -2.29. The van der Waals surface area contributed by atoms with Gasteiger partial charge in [0.2, 0.25) is 0 Å². The predicted molar refractivity (Wildman–Crippen MR) is 95.5 cm³/mol. The van der Waals surface area contributed by atoms with Crippen LogP contribution in [0.2, 0.25) is 5.02 Å². The predicted octanol–water partition coefficient (Wildman–Crippen LogP) is 2.80. The molecule has 0 spiro atoms. The first-order valence-electron chi connectivity index (χ1n) is 8.04. The zero-order chi connectivity index (χ0) is 19.7. The molecule has 1 aromatic heterocycles. The average molecular weight is 381 g/mol. The number of nitriles is 1. The van der Waals surface area contributed by atoms with Gasteiger partial charge in [-0.2, -0.15) is 5.26 Å². The number of carboxylic acid groups (broad SMARTS) is 1. The number of carboxylic acids is 1. The first-order valence-corrected chi connectivity index (χ1v) is 8.41. The SMILES string of the molecule is CC(C)(C)OC(=O)N[C@@]1(C)CCN(c2c(C(=O)O)cnc(C#N)c2Cl)C1. The molecule has 1 aliphatic heterocycles. The molecule has 1 amide bonds. The summed E-state index contributed by atoms with van der Waals surface area (Å²) in [6, 6.07) is 1.85. The number of carbonyl (C=O) groups is 2. The van der Waals surface area contributed by atoms with Gasteiger partial charge in [0.05, 0.1) is 11.2 Å². The van der Waals surface area contributed by atoms with Crippen LogP contribution in [0.3, 0.4) is 0 Å². The van der Waals surface area contributed by atoms with Gasteiger partial charge in [0.1, 0.15) is 22.3 Å². The van der Waals surface area contributed by atoms with E-state index < -0.39 is 23.2 Å². The van der Waals surface area contributed by atoms with Crippen LogP contribution in [0.15, 0.2) is 6.20 Å². The second kappa shape index (κ2) is 7.00. The Morgan fingerprint density at radius 1 is 1.50 bits per heavy atom. The maximum Gasteiger partial charge on any atom is 0.408 e. The average Bonchev–Trinajstić information content (AvgIpc) is 2.85. The third kappa shape index (κ3) is 4.35. The van der Waals surface area contributed by atoms with Crippen molar-refractivity contribution in [3.05, 3.63) is 22.5 Å². The van der Waals surface area contributed by atoms with Crippen molar-refractivity contribution in [1.82, 2.24) is 10.3 Å². The number of aromatic nitrogens is 1. The van der Waals surface area contributed by atoms with Crippen molar-refractivity contribution in [1.29, 1.82) is 5.26 Å². The van der Waals surface area contributed by atoms with Gasteiger partial charge in [-0.25, -0.2) is 14.6 Å². The molecule has 26 heavy (non-hydrogen) atoms. The molecule has 2 N–H and O–H groups in total. The number of rotatable bonds is 3. The zero-order valence-corrected chi connectivity index (χ0v) is 15.8. The second-order valence-electron chi connectivity index (χ2n) is 7.46. The highest BCUT2D eigenvalue weighted by Gasteiger charge is 2.38. The Balaban J connectivity index is 2.27. The lowest BCUT2D eigenvalue weighted by atomic mass is 10.0. The molecule has 0 radical (unpaired) electrons. The molecule has 0 saturated carbocycles. The lowest BCUT2D eigenvalue weighted by Crippen LogP contribution is -2.49. The number of alkyl carbamates (subject to hydrolysis) is 1. The van der Waals surface area contributed by atoms with Crippen LogP contribution in [0, 0.1) is 11.3 Å². The molecule has 0 aromatic carbocycles. The highest BCUT2D eigenvalue weighted by molar-refractivity contribution is 6.35. The molecule has 1 saturated heterocycles. The second-order valence-corrected chi connectivity index (χ2v) is 7.84. The quantitative estimate of drug-likeness (QED) is 0.828. The number of amides is 1. The summed E-state index contributed by atoms with van der Waals surface area (Å²) in [6.07, 6.45) is 1.14. The fourth-order valence-corrected chi connectivity index (χ4v) is 3.14. The fraction of sp³-hybridized carbons (Fsp3) is 0.529. The first kappa shape index (κ1) is 19.8. The normalized spacial score (nSPS) is 19.8. The molecular formula is C17H21ClN4O4. The molecule has 0 aliphatic carbocycles. The van der Waals surface area contributed by atoms with Crippen LogP contribution < -0.4 is 10.2 Å². The van der Waals surface area contributed by atoms with Gasteiger partial charge in [-0.1, -0.05) is 11.6 Å². The molecule has 140 valence electrons. The van der Waals surface area contributed by atoms with Gasteiger partial charge in [-0.3, -0.25) is 0 Å². The van der Waals surface area contributed by atoms with Crippen LogP contribution in [0.1, 0.15) is 50.2 Å². The smallest absolute Gasteiger partial charge is 0.408 e. The minimum absolute atomic E-state index is 0.00563. The van der Waals surface area contributed by atoms with Crippen LogP contribution in [0.4, 0.5) is 10.5 Å². The summed E-state index contributed by atoms with van der Waals surface area (Å²) in [4.78, 5) is 29.1. The number of pyridine rings is 1. The summed E-state index contributed by atoms with van der Waals surface area (Å²) >= 11 is 6.22. The molecule has 1 fully saturated rings. The first-order chi connectivity index (χ1) is 12.0. The molecule has 8 nitrogen and oxygen atoms in total. The number of hydrogen-bond acceptors (Lipinski definition) is 6. The maximum absolute atomic E-state index is 12.1. The van der Waals surface area contributed by atoms with E-state index >= 15 is 0 Å².